The average Bonchev–Trinajstić information content (AvgIpc) is 3.07. The van der Waals surface area contributed by atoms with E-state index in [1.165, 1.54) is 7.05 Å². The Hall–Kier alpha value is -2.62. The van der Waals surface area contributed by atoms with Crippen LogP contribution in [0.25, 0.3) is 0 Å². The maximum absolute atomic E-state index is 14.8. The highest BCUT2D eigenvalue weighted by Crippen LogP contribution is 2.31. The minimum Gasteiger partial charge on any atom is -0.441 e. The van der Waals surface area contributed by atoms with E-state index < -0.39 is 29.1 Å². The highest BCUT2D eigenvalue weighted by atomic mass is 32.1. The van der Waals surface area contributed by atoms with Crippen LogP contribution in [0.1, 0.15) is 0 Å². The van der Waals surface area contributed by atoms with Crippen LogP contribution in [0.2, 0.25) is 0 Å². The van der Waals surface area contributed by atoms with Gasteiger partial charge in [0.05, 0.1) is 24.8 Å². The standard InChI is InChI=1S/C18H21F2N5O4S/c1-22(18(27)30)28-11-13-10-25(17(26)29-13)12-8-14(19)16(15(20)9-12)24-6-4-23(3-2-21)5-7-24/h8-9,13H,3-7,10-11H2,1H3,(H,27,30)/t13-/m0/s1. The predicted molar refractivity (Wildman–Crippen MR) is 106 cm³/mol. The number of hydrogen-bond donors (Lipinski definition) is 1. The van der Waals surface area contributed by atoms with E-state index in [1.54, 1.807) is 4.90 Å². The van der Waals surface area contributed by atoms with E-state index in [2.05, 4.69) is 18.7 Å². The highest BCUT2D eigenvalue weighted by molar-refractivity contribution is 7.96. The van der Waals surface area contributed by atoms with Gasteiger partial charge < -0.3 is 9.64 Å². The molecule has 2 heterocycles. The Balaban J connectivity index is 1.67. The van der Waals surface area contributed by atoms with Gasteiger partial charge in [-0.25, -0.2) is 18.6 Å². The molecule has 0 radical (unpaired) electrons. The molecule has 1 atom stereocenters. The van der Waals surface area contributed by atoms with Crippen molar-refractivity contribution in [3.8, 4) is 6.07 Å². The van der Waals surface area contributed by atoms with Crippen molar-refractivity contribution in [1.82, 2.24) is 9.96 Å². The largest absolute Gasteiger partial charge is 0.441 e. The number of carbonyl (C=O) groups excluding carboxylic acids is 2. The molecule has 2 aliphatic heterocycles. The van der Waals surface area contributed by atoms with Crippen molar-refractivity contribution in [1.29, 1.82) is 5.26 Å². The molecule has 0 bridgehead atoms. The van der Waals surface area contributed by atoms with E-state index in [9.17, 15) is 18.4 Å². The summed E-state index contributed by atoms with van der Waals surface area (Å²) in [5, 5.41) is 9.01. The summed E-state index contributed by atoms with van der Waals surface area (Å²) in [5.74, 6) is -1.57. The number of carbonyl (C=O) groups is 2. The van der Waals surface area contributed by atoms with Gasteiger partial charge in [0.2, 0.25) is 0 Å². The summed E-state index contributed by atoms with van der Waals surface area (Å²) in [4.78, 5) is 32.9. The van der Waals surface area contributed by atoms with Crippen LogP contribution in [0.4, 0.5) is 29.7 Å². The lowest BCUT2D eigenvalue weighted by Crippen LogP contribution is -2.47. The zero-order chi connectivity index (χ0) is 21.8. The fourth-order valence-corrected chi connectivity index (χ4v) is 3.37. The van der Waals surface area contributed by atoms with Gasteiger partial charge in [-0.15, -0.1) is 0 Å². The lowest BCUT2D eigenvalue weighted by molar-refractivity contribution is -0.113. The lowest BCUT2D eigenvalue weighted by Gasteiger charge is -2.35. The number of nitriles is 1. The summed E-state index contributed by atoms with van der Waals surface area (Å²) >= 11 is 3.59. The molecule has 1 aromatic carbocycles. The molecule has 2 amide bonds. The fourth-order valence-electron chi connectivity index (χ4n) is 3.31. The van der Waals surface area contributed by atoms with Crippen molar-refractivity contribution in [2.45, 2.75) is 6.10 Å². The average molecular weight is 441 g/mol. The van der Waals surface area contributed by atoms with Crippen molar-refractivity contribution in [3.05, 3.63) is 23.8 Å². The number of thiol groups is 1. The Morgan fingerprint density at radius 2 is 1.97 bits per heavy atom. The Morgan fingerprint density at radius 1 is 1.33 bits per heavy atom. The number of nitrogens with zero attached hydrogens (tertiary/aromatic N) is 5. The quantitative estimate of drug-likeness (QED) is 0.409. The van der Waals surface area contributed by atoms with E-state index in [1.807, 2.05) is 4.90 Å². The van der Waals surface area contributed by atoms with Gasteiger partial charge in [0.1, 0.15) is 18.4 Å². The number of benzene rings is 1. The van der Waals surface area contributed by atoms with E-state index >= 15 is 0 Å². The Labute approximate surface area is 177 Å². The maximum Gasteiger partial charge on any atom is 0.414 e. The molecule has 1 aromatic rings. The first kappa shape index (κ1) is 22.1. The second kappa shape index (κ2) is 9.46. The summed E-state index contributed by atoms with van der Waals surface area (Å²) in [6.45, 7) is 2.00. The van der Waals surface area contributed by atoms with Crippen molar-refractivity contribution in [2.24, 2.45) is 0 Å². The molecule has 0 aromatic heterocycles. The number of hydrogen-bond acceptors (Lipinski definition) is 7. The van der Waals surface area contributed by atoms with Crippen molar-refractivity contribution in [2.75, 3.05) is 62.7 Å². The smallest absolute Gasteiger partial charge is 0.414 e. The highest BCUT2D eigenvalue weighted by Gasteiger charge is 2.34. The Kier molecular flexibility index (Phi) is 6.96. The third kappa shape index (κ3) is 4.92. The molecule has 30 heavy (non-hydrogen) atoms. The number of amides is 2. The summed E-state index contributed by atoms with van der Waals surface area (Å²) in [7, 11) is 1.35. The number of ether oxygens (including phenoxy) is 1. The third-order valence-electron chi connectivity index (χ3n) is 4.89. The summed E-state index contributed by atoms with van der Waals surface area (Å²) < 4.78 is 34.6. The summed E-state index contributed by atoms with van der Waals surface area (Å²) in [6.07, 6.45) is -1.48. The SMILES string of the molecule is CN(OC[C@@H]1CN(c2cc(F)c(N3CCN(CC#N)CC3)c(F)c2)C(=O)O1)C(=O)S. The van der Waals surface area contributed by atoms with E-state index in [0.29, 0.717) is 26.2 Å². The second-order valence-electron chi connectivity index (χ2n) is 6.87. The van der Waals surface area contributed by atoms with Crippen LogP contribution < -0.4 is 9.80 Å². The molecule has 9 nitrogen and oxygen atoms in total. The number of cyclic esters (lactones) is 1. The molecule has 0 N–H and O–H groups in total. The first-order valence-electron chi connectivity index (χ1n) is 9.21. The molecule has 0 spiro atoms. The van der Waals surface area contributed by atoms with Crippen molar-refractivity contribution >= 4 is 35.3 Å². The van der Waals surface area contributed by atoms with Gasteiger partial charge >= 0.3 is 11.3 Å². The first-order valence-corrected chi connectivity index (χ1v) is 9.66. The molecule has 0 unspecified atom stereocenters. The van der Waals surface area contributed by atoms with Gasteiger partial charge in [0.15, 0.2) is 11.6 Å². The molecule has 2 fully saturated rings. The van der Waals surface area contributed by atoms with Crippen LogP contribution in [-0.4, -0.2) is 80.3 Å². The normalized spacial score (nSPS) is 19.6. The molecular weight excluding hydrogens is 420 g/mol. The molecule has 162 valence electrons. The second-order valence-corrected chi connectivity index (χ2v) is 7.25. The van der Waals surface area contributed by atoms with Crippen LogP contribution >= 0.6 is 12.6 Å². The minimum atomic E-state index is -0.786. The minimum absolute atomic E-state index is 0.0124. The van der Waals surface area contributed by atoms with Crippen molar-refractivity contribution in [3.63, 3.8) is 0 Å². The van der Waals surface area contributed by atoms with E-state index in [0.717, 1.165) is 22.1 Å². The summed E-state index contributed by atoms with van der Waals surface area (Å²) in [5.41, 5.74) is -0.125. The molecule has 0 aliphatic carbocycles. The molecule has 2 saturated heterocycles. The Bertz CT molecular complexity index is 836. The number of hydroxylamine groups is 2. The van der Waals surface area contributed by atoms with Crippen LogP contribution in [0.3, 0.4) is 0 Å². The predicted octanol–water partition coefficient (Wildman–Crippen LogP) is 1.85. The van der Waals surface area contributed by atoms with Crippen molar-refractivity contribution < 1.29 is 27.9 Å². The van der Waals surface area contributed by atoms with Gasteiger partial charge in [-0.3, -0.25) is 19.4 Å². The lowest BCUT2D eigenvalue weighted by atomic mass is 10.2. The van der Waals surface area contributed by atoms with Crippen LogP contribution in [0.5, 0.6) is 0 Å². The monoisotopic (exact) mass is 441 g/mol. The number of piperazine rings is 1. The van der Waals surface area contributed by atoms with E-state index in [-0.39, 0.29) is 31.1 Å². The number of rotatable bonds is 6. The Morgan fingerprint density at radius 3 is 2.53 bits per heavy atom. The number of halogens is 2. The van der Waals surface area contributed by atoms with E-state index in [4.69, 9.17) is 14.8 Å². The van der Waals surface area contributed by atoms with Crippen LogP contribution in [-0.2, 0) is 9.57 Å². The molecule has 0 saturated carbocycles. The maximum atomic E-state index is 14.8. The van der Waals surface area contributed by atoms with Gasteiger partial charge in [0, 0.05) is 45.4 Å². The molecule has 2 aliphatic rings. The molecule has 3 rings (SSSR count). The van der Waals surface area contributed by atoms with Gasteiger partial charge in [0.25, 0.3) is 0 Å². The summed E-state index contributed by atoms with van der Waals surface area (Å²) in [6, 6.07) is 4.24. The van der Waals surface area contributed by atoms with Gasteiger partial charge in [-0.05, 0) is 0 Å². The third-order valence-corrected chi connectivity index (χ3v) is 5.18. The zero-order valence-electron chi connectivity index (χ0n) is 16.3. The first-order chi connectivity index (χ1) is 14.3. The van der Waals surface area contributed by atoms with Crippen LogP contribution in [0, 0.1) is 23.0 Å². The topological polar surface area (TPSA) is 89.3 Å². The fraction of sp³-hybridized carbons (Fsp3) is 0.500. The molecule has 12 heteroatoms. The zero-order valence-corrected chi connectivity index (χ0v) is 17.1. The number of anilines is 2. The van der Waals surface area contributed by atoms with Crippen LogP contribution in [0.15, 0.2) is 12.1 Å². The van der Waals surface area contributed by atoms with Gasteiger partial charge in [-0.1, -0.05) is 12.6 Å². The molecular formula is C18H21F2N5O4S. The van der Waals surface area contributed by atoms with Gasteiger partial charge in [-0.2, -0.15) is 5.26 Å².